The molecule has 0 N–H and O–H groups in total. The van der Waals surface area contributed by atoms with Crippen LogP contribution in [-0.2, 0) is 26.5 Å². The number of pyridine rings is 1. The van der Waals surface area contributed by atoms with E-state index >= 15 is 4.39 Å². The molecule has 9 aromatic rings. The molecule has 1 radical (unpaired) electrons. The Morgan fingerprint density at radius 1 is 0.812 bits per heavy atom. The Morgan fingerprint density at radius 2 is 1.48 bits per heavy atom. The Morgan fingerprint density at radius 3 is 2.12 bits per heavy atom. The molecule has 0 unspecified atom stereocenters. The molecule has 0 amide bonds. The first-order chi connectivity index (χ1) is 32.0. The van der Waals surface area contributed by atoms with E-state index in [0.29, 0.717) is 44.8 Å². The van der Waals surface area contributed by atoms with Gasteiger partial charge in [-0.25, -0.2) is 0 Å². The van der Waals surface area contributed by atoms with Crippen LogP contribution in [0.3, 0.4) is 0 Å². The van der Waals surface area contributed by atoms with Crippen molar-refractivity contribution in [3.63, 3.8) is 0 Å². The van der Waals surface area contributed by atoms with Gasteiger partial charge in [0.1, 0.15) is 5.58 Å². The van der Waals surface area contributed by atoms with Gasteiger partial charge in [0.25, 0.3) is 0 Å². The Labute approximate surface area is 400 Å². The minimum Gasteiger partial charge on any atom is -0.500 e. The summed E-state index contributed by atoms with van der Waals surface area (Å²) in [5, 5.41) is 2.21. The maximum absolute atomic E-state index is 15.3. The molecule has 0 spiro atoms. The second kappa shape index (κ2) is 18.6. The summed E-state index contributed by atoms with van der Waals surface area (Å²) in [6.45, 7) is 19.0. The number of hydrogen-bond acceptors (Lipinski definition) is 3. The third-order valence-corrected chi connectivity index (χ3v) is 13.3. The van der Waals surface area contributed by atoms with Gasteiger partial charge in [0.2, 0.25) is 0 Å². The van der Waals surface area contributed by atoms with Crippen molar-refractivity contribution < 1.29 is 35.8 Å². The van der Waals surface area contributed by atoms with Crippen molar-refractivity contribution in [1.82, 2.24) is 14.5 Å². The summed E-state index contributed by atoms with van der Waals surface area (Å²) in [5.74, 6) is 0.813. The number of nitrogens with zero attached hydrogens (tertiary/aromatic N) is 3. The molecule has 329 valence electrons. The fourth-order valence-electron chi connectivity index (χ4n) is 8.23. The maximum Gasteiger partial charge on any atom is 0.121 e. The van der Waals surface area contributed by atoms with Gasteiger partial charge in [-0.15, -0.1) is 47.5 Å². The molecule has 3 heterocycles. The summed E-state index contributed by atoms with van der Waals surface area (Å²) in [4.78, 5) is 9.70. The van der Waals surface area contributed by atoms with Crippen LogP contribution in [-0.4, -0.2) is 22.6 Å². The topological polar surface area (TPSA) is 43.9 Å². The molecule has 0 aliphatic rings. The van der Waals surface area contributed by atoms with Gasteiger partial charge in [0.15, 0.2) is 0 Å². The number of para-hydroxylation sites is 3. The maximum atomic E-state index is 15.3. The zero-order valence-corrected chi connectivity index (χ0v) is 41.6. The molecule has 0 aliphatic carbocycles. The van der Waals surface area contributed by atoms with E-state index in [4.69, 9.17) is 16.3 Å². The van der Waals surface area contributed by atoms with Crippen LogP contribution in [0.2, 0.25) is 19.6 Å². The molecule has 0 atom stereocenters. The predicted octanol–water partition coefficient (Wildman–Crippen LogP) is 15.4. The quantitative estimate of drug-likeness (QED) is 0.113. The molecular weight excluding hydrogens is 982 g/mol. The Kier molecular flexibility index (Phi) is 11.6. The smallest absolute Gasteiger partial charge is 0.121 e. The molecule has 6 aromatic carbocycles. The molecule has 0 aliphatic heterocycles. The average Bonchev–Trinajstić information content (AvgIpc) is 3.88. The molecule has 0 fully saturated rings. The number of hydrogen-bond donors (Lipinski definition) is 0. The summed E-state index contributed by atoms with van der Waals surface area (Å²) in [5.41, 5.74) is 11.1. The van der Waals surface area contributed by atoms with E-state index in [1.165, 1.54) is 34.4 Å². The number of imidazole rings is 1. The number of fused-ring (bicyclic) bond motifs is 4. The number of benzene rings is 6. The Bertz CT molecular complexity index is 3260. The normalized spacial score (nSPS) is 13.5. The fraction of sp³-hybridized carbons (Fsp3) is 0.263. The van der Waals surface area contributed by atoms with E-state index in [-0.39, 0.29) is 43.3 Å². The molecule has 3 aromatic heterocycles. The fourth-order valence-corrected chi connectivity index (χ4v) is 9.62. The first kappa shape index (κ1) is 40.1. The van der Waals surface area contributed by atoms with Crippen LogP contribution in [0.5, 0.6) is 0 Å². The summed E-state index contributed by atoms with van der Waals surface area (Å²) < 4.78 is 63.9. The molecule has 4 nitrogen and oxygen atoms in total. The third kappa shape index (κ3) is 9.49. The molecule has 7 heteroatoms. The van der Waals surface area contributed by atoms with Gasteiger partial charge >= 0.3 is 0 Å². The van der Waals surface area contributed by atoms with E-state index in [1.54, 1.807) is 18.3 Å². The number of halogens is 1. The van der Waals surface area contributed by atoms with Gasteiger partial charge in [-0.3, -0.25) is 9.37 Å². The predicted molar refractivity (Wildman–Crippen MR) is 266 cm³/mol. The monoisotopic (exact) mass is 1050 g/mol. The summed E-state index contributed by atoms with van der Waals surface area (Å²) >= 11 is 0. The van der Waals surface area contributed by atoms with Crippen molar-refractivity contribution in [1.29, 1.82) is 0 Å². The van der Waals surface area contributed by atoms with Crippen LogP contribution >= 0.6 is 0 Å². The van der Waals surface area contributed by atoms with Crippen LogP contribution in [0.25, 0.3) is 72.4 Å². The standard InChI is InChI=1S/C37H30FN2O.C20H28NSi.Ir/c1-22(2)28-20-25(24-12-6-5-7-13-24)21-29(23(3)4)35(28)40-32-16-10-9-15-31(32)39-37(40)27-18-19-30(38)34-26-14-8-11-17-33(26)41-36(27)34;1-15-8-10-16(11-9-15)18-12-17(13-20(2,3)4)19(14-21-18)22(5,6)7;/h5-17,19-23H,1-4H3;8-10,12,14H,13H2,1-7H3;/q2*-1;/i;1D3,13D2;. The van der Waals surface area contributed by atoms with Crippen molar-refractivity contribution in [2.45, 2.75) is 93.2 Å². The van der Waals surface area contributed by atoms with Gasteiger partial charge in [-0.05, 0) is 92.5 Å². The van der Waals surface area contributed by atoms with Crippen LogP contribution in [0.15, 0.2) is 132 Å². The van der Waals surface area contributed by atoms with Crippen molar-refractivity contribution in [2.24, 2.45) is 5.41 Å². The second-order valence-corrected chi connectivity index (χ2v) is 24.0. The van der Waals surface area contributed by atoms with Crippen molar-refractivity contribution in [2.75, 3.05) is 0 Å². The molecule has 0 saturated heterocycles. The van der Waals surface area contributed by atoms with E-state index in [9.17, 15) is 0 Å². The summed E-state index contributed by atoms with van der Waals surface area (Å²) in [6.07, 6.45) is 0.269. The zero-order chi connectivity index (χ0) is 49.1. The minimum atomic E-state index is -2.17. The second-order valence-electron chi connectivity index (χ2n) is 19.0. The molecule has 0 bridgehead atoms. The van der Waals surface area contributed by atoms with Crippen molar-refractivity contribution in [3.05, 3.63) is 168 Å². The Balaban J connectivity index is 0.000000220. The van der Waals surface area contributed by atoms with Crippen LogP contribution in [0.1, 0.15) is 89.4 Å². The SMILES string of the molecule is CC(C)c1cc(-c2ccccc2)cc(C(C)C)c1-n1c(-c2[c-]cc(F)c3c2oc2ccccc23)nc2ccccc21.[2H]C([2H])([2H])c1c[c-]c(-c2cc(C([2H])([2H])C(C)(C)C)c([Si](C)(C)C)cn2)cc1.[Ir]. The summed E-state index contributed by atoms with van der Waals surface area (Å²) in [7, 11) is -1.81. The van der Waals surface area contributed by atoms with Crippen LogP contribution < -0.4 is 5.19 Å². The number of aryl methyl sites for hydroxylation is 1. The van der Waals surface area contributed by atoms with Gasteiger partial charge in [-0.1, -0.05) is 153 Å². The van der Waals surface area contributed by atoms with Gasteiger partial charge < -0.3 is 14.0 Å². The number of aromatic nitrogens is 3. The first-order valence-corrected chi connectivity index (χ1v) is 25.2. The number of rotatable bonds is 8. The van der Waals surface area contributed by atoms with Crippen LogP contribution in [0.4, 0.5) is 4.39 Å². The van der Waals surface area contributed by atoms with Crippen molar-refractivity contribution >= 4 is 46.2 Å². The van der Waals surface area contributed by atoms with Crippen LogP contribution in [0, 0.1) is 30.2 Å². The van der Waals surface area contributed by atoms with E-state index in [2.05, 4.69) is 111 Å². The third-order valence-electron chi connectivity index (χ3n) is 11.2. The van der Waals surface area contributed by atoms with Gasteiger partial charge in [-0.2, -0.15) is 0 Å². The molecule has 0 saturated carbocycles. The molecular formula is C57H58FIrN3OSi-2. The largest absolute Gasteiger partial charge is 0.500 e. The van der Waals surface area contributed by atoms with Gasteiger partial charge in [0, 0.05) is 50.0 Å². The summed E-state index contributed by atoms with van der Waals surface area (Å²) in [6, 6.07) is 45.0. The van der Waals surface area contributed by atoms with E-state index < -0.39 is 26.7 Å². The van der Waals surface area contributed by atoms with Crippen molar-refractivity contribution in [3.8, 4) is 39.5 Å². The average molecular weight is 1050 g/mol. The number of furan rings is 1. The minimum absolute atomic E-state index is 0. The van der Waals surface area contributed by atoms with Gasteiger partial charge in [0.05, 0.1) is 30.5 Å². The molecule has 9 rings (SSSR count). The van der Waals surface area contributed by atoms with E-state index in [0.717, 1.165) is 27.3 Å². The molecule has 64 heavy (non-hydrogen) atoms. The first-order valence-electron chi connectivity index (χ1n) is 24.2. The zero-order valence-electron chi connectivity index (χ0n) is 43.2. The van der Waals surface area contributed by atoms with E-state index in [1.807, 2.05) is 75.4 Å². The Hall–Kier alpha value is -5.46.